The molecule has 4 heterocycles. The van der Waals surface area contributed by atoms with Gasteiger partial charge in [-0.1, -0.05) is 5.92 Å². The summed E-state index contributed by atoms with van der Waals surface area (Å²) in [6.07, 6.45) is 5.84. The van der Waals surface area contributed by atoms with Crippen molar-refractivity contribution in [1.82, 2.24) is 19.5 Å². The molecule has 10 nitrogen and oxygen atoms in total. The van der Waals surface area contributed by atoms with E-state index >= 15 is 0 Å². The summed E-state index contributed by atoms with van der Waals surface area (Å²) in [6, 6.07) is 0. The van der Waals surface area contributed by atoms with Crippen LogP contribution in [0.25, 0.3) is 11.2 Å². The molecular weight excluding hydrogens is 397 g/mol. The lowest BCUT2D eigenvalue weighted by molar-refractivity contribution is -0.114. The summed E-state index contributed by atoms with van der Waals surface area (Å²) in [5.74, 6) is 2.72. The number of anilines is 1. The van der Waals surface area contributed by atoms with Crippen LogP contribution in [-0.4, -0.2) is 43.9 Å². The molecule has 0 radical (unpaired) electrons. The predicted octanol–water partition coefficient (Wildman–Crippen LogP) is 2.30. The van der Waals surface area contributed by atoms with E-state index in [1.54, 1.807) is 18.4 Å². The maximum atomic E-state index is 12.7. The van der Waals surface area contributed by atoms with Crippen LogP contribution >= 0.6 is 19.4 Å². The van der Waals surface area contributed by atoms with Gasteiger partial charge in [0.05, 0.1) is 12.4 Å². The van der Waals surface area contributed by atoms with E-state index < -0.39 is 25.8 Å². The van der Waals surface area contributed by atoms with Crippen LogP contribution in [0.3, 0.4) is 0 Å². The van der Waals surface area contributed by atoms with Gasteiger partial charge in [0.15, 0.2) is 17.1 Å². The fourth-order valence-corrected chi connectivity index (χ4v) is 4.91. The second kappa shape index (κ2) is 6.41. The Balaban J connectivity index is 1.67. The molecule has 0 saturated carbocycles. The molecule has 12 heteroatoms. The van der Waals surface area contributed by atoms with Crippen molar-refractivity contribution in [1.29, 1.82) is 0 Å². The summed E-state index contributed by atoms with van der Waals surface area (Å²) >= 11 is 5.91. The second-order valence-corrected chi connectivity index (χ2v) is 8.43. The van der Waals surface area contributed by atoms with Crippen LogP contribution < -0.4 is 5.73 Å². The quantitative estimate of drug-likeness (QED) is 0.458. The third-order valence-corrected chi connectivity index (χ3v) is 6.10. The highest BCUT2D eigenvalue weighted by Gasteiger charge is 2.57. The van der Waals surface area contributed by atoms with Crippen molar-refractivity contribution in [2.75, 3.05) is 12.3 Å². The Kier molecular flexibility index (Phi) is 4.42. The number of nitrogens with zero attached hydrogens (tertiary/aromatic N) is 4. The summed E-state index contributed by atoms with van der Waals surface area (Å²) in [5, 5.41) is -0.0155. The highest BCUT2D eigenvalue weighted by Crippen LogP contribution is 2.60. The molecule has 144 valence electrons. The number of imidazole rings is 1. The van der Waals surface area contributed by atoms with Gasteiger partial charge in [-0.25, -0.2) is 9.55 Å². The van der Waals surface area contributed by atoms with Crippen molar-refractivity contribution >= 4 is 36.4 Å². The van der Waals surface area contributed by atoms with Gasteiger partial charge in [-0.3, -0.25) is 18.1 Å². The van der Waals surface area contributed by atoms with Crippen LogP contribution in [0.5, 0.6) is 0 Å². The van der Waals surface area contributed by atoms with Crippen molar-refractivity contribution in [3.63, 3.8) is 0 Å². The minimum absolute atomic E-state index is 0.0155. The van der Waals surface area contributed by atoms with Gasteiger partial charge in [0.1, 0.15) is 24.5 Å². The number of terminal acetylenes is 1. The molecule has 2 aromatic rings. The van der Waals surface area contributed by atoms with Crippen molar-refractivity contribution in [2.45, 2.75) is 44.3 Å². The maximum Gasteiger partial charge on any atom is 0.475 e. The summed E-state index contributed by atoms with van der Waals surface area (Å²) in [5.41, 5.74) is 5.41. The first kappa shape index (κ1) is 18.6. The first-order valence-electron chi connectivity index (χ1n) is 8.18. The van der Waals surface area contributed by atoms with Crippen molar-refractivity contribution in [3.05, 3.63) is 11.6 Å². The molecule has 4 rings (SSSR count). The Bertz CT molecular complexity index is 991. The lowest BCUT2D eigenvalue weighted by Crippen LogP contribution is -2.46. The predicted molar refractivity (Wildman–Crippen MR) is 95.7 cm³/mol. The largest absolute Gasteiger partial charge is 0.475 e. The first-order valence-corrected chi connectivity index (χ1v) is 10.0. The first-order chi connectivity index (χ1) is 12.8. The van der Waals surface area contributed by atoms with Gasteiger partial charge >= 0.3 is 7.82 Å². The van der Waals surface area contributed by atoms with Crippen LogP contribution in [-0.2, 0) is 22.9 Å². The molecule has 2 N–H and O–H groups in total. The van der Waals surface area contributed by atoms with E-state index in [4.69, 9.17) is 42.1 Å². The smallest absolute Gasteiger partial charge is 0.382 e. The van der Waals surface area contributed by atoms with Crippen molar-refractivity contribution < 1.29 is 22.9 Å². The molecule has 0 amide bonds. The van der Waals surface area contributed by atoms with E-state index in [9.17, 15) is 4.57 Å². The van der Waals surface area contributed by atoms with E-state index in [1.807, 2.05) is 0 Å². The SMILES string of the molecule is C#C[C@@]12CO[P@@](=O)(OC(C)C)O[C@H]1C[C@H](n1cnc3c(N)nc(Cl)nc31)O2. The molecule has 2 saturated heterocycles. The number of phosphoric acid groups is 1. The van der Waals surface area contributed by atoms with Gasteiger partial charge < -0.3 is 10.5 Å². The van der Waals surface area contributed by atoms with E-state index in [1.165, 1.54) is 6.33 Å². The minimum Gasteiger partial charge on any atom is -0.382 e. The zero-order chi connectivity index (χ0) is 19.4. The number of rotatable bonds is 3. The molecule has 27 heavy (non-hydrogen) atoms. The van der Waals surface area contributed by atoms with Gasteiger partial charge in [0.25, 0.3) is 0 Å². The Hall–Kier alpha value is -1.73. The number of hydrogen-bond donors (Lipinski definition) is 1. The third kappa shape index (κ3) is 3.10. The monoisotopic (exact) mass is 413 g/mol. The molecule has 0 unspecified atom stereocenters. The van der Waals surface area contributed by atoms with Crippen LogP contribution in [0.2, 0.25) is 5.28 Å². The fraction of sp³-hybridized carbons (Fsp3) is 0.533. The topological polar surface area (TPSA) is 124 Å². The molecule has 2 aliphatic heterocycles. The van der Waals surface area contributed by atoms with Crippen molar-refractivity contribution in [2.24, 2.45) is 0 Å². The van der Waals surface area contributed by atoms with Crippen molar-refractivity contribution in [3.8, 4) is 12.3 Å². The van der Waals surface area contributed by atoms with Crippen LogP contribution in [0.1, 0.15) is 26.5 Å². The number of fused-ring (bicyclic) bond motifs is 2. The van der Waals surface area contributed by atoms with Crippen LogP contribution in [0.15, 0.2) is 6.33 Å². The summed E-state index contributed by atoms with van der Waals surface area (Å²) in [4.78, 5) is 12.3. The second-order valence-electron chi connectivity index (χ2n) is 6.51. The van der Waals surface area contributed by atoms with Gasteiger partial charge in [-0.05, 0) is 25.4 Å². The standard InChI is InChI=1S/C15H17ClN5O5P/c1-4-15-6-23-27(22,25-8(2)3)26-9(15)5-10(24-15)21-7-18-11-12(17)19-14(16)20-13(11)21/h1,7-10H,5-6H2,2-3H3,(H2,17,19,20)/t9-,10+,15+,27-/m0/s1. The molecular formula is C15H17ClN5O5P. The summed E-state index contributed by atoms with van der Waals surface area (Å²) in [6.45, 7) is 3.34. The summed E-state index contributed by atoms with van der Waals surface area (Å²) in [7, 11) is -3.73. The lowest BCUT2D eigenvalue weighted by Gasteiger charge is -2.36. The number of hydrogen-bond acceptors (Lipinski definition) is 9. The molecule has 2 fully saturated rings. The molecule has 4 atom stereocenters. The third-order valence-electron chi connectivity index (χ3n) is 4.29. The Morgan fingerprint density at radius 1 is 1.56 bits per heavy atom. The van der Waals surface area contributed by atoms with E-state index in [-0.39, 0.29) is 30.2 Å². The highest BCUT2D eigenvalue weighted by atomic mass is 35.5. The number of phosphoric ester groups is 1. The Labute approximate surface area is 159 Å². The highest BCUT2D eigenvalue weighted by molar-refractivity contribution is 7.48. The number of aromatic nitrogens is 4. The van der Waals surface area contributed by atoms with Gasteiger partial charge in [0, 0.05) is 6.42 Å². The van der Waals surface area contributed by atoms with Crippen LogP contribution in [0, 0.1) is 12.3 Å². The van der Waals surface area contributed by atoms with Crippen LogP contribution in [0.4, 0.5) is 5.82 Å². The maximum absolute atomic E-state index is 12.7. The molecule has 0 spiro atoms. The summed E-state index contributed by atoms with van der Waals surface area (Å²) < 4.78 is 36.6. The average Bonchev–Trinajstić information content (AvgIpc) is 3.15. The fourth-order valence-electron chi connectivity index (χ4n) is 3.13. The number of nitrogen functional groups attached to an aromatic ring is 1. The number of halogens is 1. The average molecular weight is 414 g/mol. The zero-order valence-electron chi connectivity index (χ0n) is 14.5. The number of nitrogens with two attached hydrogens (primary N) is 1. The van der Waals surface area contributed by atoms with E-state index in [0.717, 1.165) is 0 Å². The minimum atomic E-state index is -3.73. The van der Waals surface area contributed by atoms with E-state index in [2.05, 4.69) is 20.9 Å². The van der Waals surface area contributed by atoms with Gasteiger partial charge in [-0.15, -0.1) is 6.42 Å². The van der Waals surface area contributed by atoms with Gasteiger partial charge in [0.2, 0.25) is 5.28 Å². The van der Waals surface area contributed by atoms with Gasteiger partial charge in [-0.2, -0.15) is 9.97 Å². The lowest BCUT2D eigenvalue weighted by atomic mass is 9.99. The molecule has 2 aliphatic rings. The zero-order valence-corrected chi connectivity index (χ0v) is 16.2. The Morgan fingerprint density at radius 3 is 3.04 bits per heavy atom. The Morgan fingerprint density at radius 2 is 2.33 bits per heavy atom. The molecule has 0 aliphatic carbocycles. The molecule has 2 aromatic heterocycles. The normalized spacial score (nSPS) is 33.3. The number of ether oxygens (including phenoxy) is 1. The molecule has 0 bridgehead atoms. The molecule has 0 aromatic carbocycles. The van der Waals surface area contributed by atoms with E-state index in [0.29, 0.717) is 11.2 Å².